The van der Waals surface area contributed by atoms with E-state index in [1.54, 1.807) is 27.1 Å². The van der Waals surface area contributed by atoms with Gasteiger partial charge in [0.25, 0.3) is 5.56 Å². The number of aliphatic hydroxyl groups excluding tert-OH is 1. The van der Waals surface area contributed by atoms with Crippen molar-refractivity contribution in [2.45, 2.75) is 32.4 Å². The van der Waals surface area contributed by atoms with Crippen LogP contribution in [-0.4, -0.2) is 81.1 Å². The number of carbonyl (C=O) groups excluding carboxylic acids is 1. The molecule has 1 N–H and O–H groups in total. The van der Waals surface area contributed by atoms with Gasteiger partial charge in [0.05, 0.1) is 44.1 Å². The first kappa shape index (κ1) is 29.1. The molecule has 0 aliphatic carbocycles. The minimum atomic E-state index is -0.572. The normalized spacial score (nSPS) is 15.0. The Kier molecular flexibility index (Phi) is 9.12. The van der Waals surface area contributed by atoms with Gasteiger partial charge in [-0.1, -0.05) is 11.3 Å². The van der Waals surface area contributed by atoms with E-state index in [1.807, 2.05) is 0 Å². The van der Waals surface area contributed by atoms with E-state index in [0.717, 1.165) is 0 Å². The van der Waals surface area contributed by atoms with Gasteiger partial charge in [0, 0.05) is 39.2 Å². The van der Waals surface area contributed by atoms with E-state index in [4.69, 9.17) is 9.84 Å². The maximum atomic E-state index is 13.9. The average molecular weight is 575 g/mol. The Labute approximate surface area is 232 Å². The van der Waals surface area contributed by atoms with Crippen LogP contribution in [0.3, 0.4) is 0 Å². The van der Waals surface area contributed by atoms with Crippen molar-refractivity contribution in [1.82, 2.24) is 29.0 Å². The van der Waals surface area contributed by atoms with Gasteiger partial charge in [0.2, 0.25) is 5.91 Å². The number of hydrogen-bond acceptors (Lipinski definition) is 9. The molecule has 0 saturated carbocycles. The summed E-state index contributed by atoms with van der Waals surface area (Å²) in [5.41, 5.74) is 0.301. The van der Waals surface area contributed by atoms with Crippen LogP contribution in [0.25, 0.3) is 15.2 Å². The number of aryl methyl sites for hydroxylation is 3. The number of methoxy groups -OCH3 is 2. The third-order valence-electron chi connectivity index (χ3n) is 6.65. The Hall–Kier alpha value is -3.88. The Morgan fingerprint density at radius 2 is 1.90 bits per heavy atom. The highest BCUT2D eigenvalue weighted by Gasteiger charge is 2.32. The van der Waals surface area contributed by atoms with Gasteiger partial charge in [0.15, 0.2) is 0 Å². The molecule has 14 heteroatoms. The summed E-state index contributed by atoms with van der Waals surface area (Å²) in [5.74, 6) is -0.0217. The molecule has 0 bridgehead atoms. The van der Waals surface area contributed by atoms with Crippen LogP contribution in [0, 0.1) is 12.7 Å². The Bertz CT molecular complexity index is 1610. The summed E-state index contributed by atoms with van der Waals surface area (Å²) in [5, 5.41) is 17.3. The maximum Gasteiger partial charge on any atom is 0.332 e. The molecule has 4 aromatic rings. The van der Waals surface area contributed by atoms with E-state index in [9.17, 15) is 18.8 Å². The van der Waals surface area contributed by atoms with E-state index in [1.165, 1.54) is 61.8 Å². The zero-order chi connectivity index (χ0) is 29.0. The van der Waals surface area contributed by atoms with Crippen LogP contribution in [0.1, 0.15) is 23.6 Å². The molecule has 1 saturated heterocycles. The predicted molar refractivity (Wildman–Crippen MR) is 147 cm³/mol. The monoisotopic (exact) mass is 574 g/mol. The van der Waals surface area contributed by atoms with Crippen molar-refractivity contribution in [2.75, 3.05) is 41.0 Å². The van der Waals surface area contributed by atoms with E-state index in [-0.39, 0.29) is 32.0 Å². The first-order valence-electron chi connectivity index (χ1n) is 12.5. The first-order chi connectivity index (χ1) is 19.2. The number of carbonyl (C=O) groups is 1. The number of fused-ring (bicyclic) bond motifs is 1. The summed E-state index contributed by atoms with van der Waals surface area (Å²) in [4.78, 5) is 43.0. The Balaban J connectivity index is 0.000000681. The number of likely N-dealkylation sites (tertiary alicyclic amines) is 1. The van der Waals surface area contributed by atoms with Gasteiger partial charge in [-0.25, -0.2) is 9.18 Å². The van der Waals surface area contributed by atoms with Crippen LogP contribution < -0.4 is 16.0 Å². The molecular weight excluding hydrogens is 543 g/mol. The molecule has 1 aromatic carbocycles. The van der Waals surface area contributed by atoms with Gasteiger partial charge in [0.1, 0.15) is 21.4 Å². The quantitative estimate of drug-likeness (QED) is 0.335. The van der Waals surface area contributed by atoms with Crippen molar-refractivity contribution >= 4 is 27.5 Å². The number of nitrogens with zero attached hydrogens (tertiary/aromatic N) is 6. The summed E-state index contributed by atoms with van der Waals surface area (Å²) in [6.07, 6.45) is 3.44. The van der Waals surface area contributed by atoms with Gasteiger partial charge >= 0.3 is 5.69 Å². The van der Waals surface area contributed by atoms with Crippen molar-refractivity contribution < 1.29 is 23.8 Å². The number of aliphatic hydroxyl groups is 1. The SMILES string of the molecule is COCCO.COc1ccc(F)cc1CCn1c(=O)n([C@H]2CC(=O)N(C)C2)c(=O)c2c(C)c(-n3nccn3)sc21. The van der Waals surface area contributed by atoms with Gasteiger partial charge in [-0.2, -0.15) is 10.2 Å². The summed E-state index contributed by atoms with van der Waals surface area (Å²) in [7, 11) is 4.70. The third kappa shape index (κ3) is 5.69. The maximum absolute atomic E-state index is 13.9. The van der Waals surface area contributed by atoms with Crippen LogP contribution in [0.5, 0.6) is 5.75 Å². The van der Waals surface area contributed by atoms with Crippen LogP contribution in [0.4, 0.5) is 4.39 Å². The summed E-state index contributed by atoms with van der Waals surface area (Å²) in [6.45, 7) is 2.81. The second-order valence-corrected chi connectivity index (χ2v) is 10.2. The number of likely N-dealkylation sites (N-methyl/N-ethyl adjacent to an activating group) is 1. The van der Waals surface area contributed by atoms with Crippen molar-refractivity contribution in [3.05, 3.63) is 68.4 Å². The fourth-order valence-electron chi connectivity index (χ4n) is 4.66. The number of aromatic nitrogens is 5. The van der Waals surface area contributed by atoms with E-state index >= 15 is 0 Å². The molecule has 3 aromatic heterocycles. The van der Waals surface area contributed by atoms with E-state index in [0.29, 0.717) is 45.1 Å². The standard InChI is InChI=1S/C23H23FN6O4S.C3H8O2/c1-13-19-20(32)29(16-11-18(31)27(2)12-16)23(33)28(22(19)35-21(13)30-25-7-8-26-30)9-6-14-10-15(24)4-5-17(14)34-3;1-5-3-2-4/h4-5,7-8,10,16H,6,9,11-12H2,1-3H3;4H,2-3H2,1H3/t16-;/m0./s1. The van der Waals surface area contributed by atoms with E-state index in [2.05, 4.69) is 14.9 Å². The lowest BCUT2D eigenvalue weighted by Gasteiger charge is -2.17. The number of thiophene rings is 1. The molecule has 1 aliphatic heterocycles. The predicted octanol–water partition coefficient (Wildman–Crippen LogP) is 1.53. The number of ether oxygens (including phenoxy) is 2. The molecule has 12 nitrogen and oxygen atoms in total. The molecule has 0 spiro atoms. The topological polar surface area (TPSA) is 134 Å². The smallest absolute Gasteiger partial charge is 0.332 e. The summed E-state index contributed by atoms with van der Waals surface area (Å²) < 4.78 is 26.4. The molecule has 1 atom stereocenters. The van der Waals surface area contributed by atoms with Crippen molar-refractivity contribution in [2.24, 2.45) is 0 Å². The lowest BCUT2D eigenvalue weighted by molar-refractivity contribution is -0.126. The van der Waals surface area contributed by atoms with Gasteiger partial charge in [-0.3, -0.25) is 18.7 Å². The minimum Gasteiger partial charge on any atom is -0.496 e. The number of amides is 1. The number of benzene rings is 1. The summed E-state index contributed by atoms with van der Waals surface area (Å²) >= 11 is 1.24. The largest absolute Gasteiger partial charge is 0.496 e. The first-order valence-corrected chi connectivity index (χ1v) is 13.3. The zero-order valence-corrected chi connectivity index (χ0v) is 23.5. The lowest BCUT2D eigenvalue weighted by Crippen LogP contribution is -2.43. The van der Waals surface area contributed by atoms with Crippen molar-refractivity contribution in [1.29, 1.82) is 0 Å². The number of rotatable bonds is 8. The molecular formula is C26H31FN6O6S. The fourth-order valence-corrected chi connectivity index (χ4v) is 5.90. The molecule has 5 rings (SSSR count). The second-order valence-electron chi connectivity index (χ2n) is 9.20. The third-order valence-corrected chi connectivity index (χ3v) is 7.93. The Morgan fingerprint density at radius 3 is 2.48 bits per heavy atom. The average Bonchev–Trinajstić information content (AvgIpc) is 3.65. The molecule has 214 valence electrons. The van der Waals surface area contributed by atoms with Crippen LogP contribution >= 0.6 is 11.3 Å². The fraction of sp³-hybridized carbons (Fsp3) is 0.423. The van der Waals surface area contributed by atoms with Crippen LogP contribution in [0.15, 0.2) is 40.2 Å². The molecule has 1 aliphatic rings. The highest BCUT2D eigenvalue weighted by atomic mass is 32.1. The van der Waals surface area contributed by atoms with E-state index < -0.39 is 23.1 Å². The second kappa shape index (κ2) is 12.5. The van der Waals surface area contributed by atoms with Gasteiger partial charge in [-0.05, 0) is 37.1 Å². The molecule has 40 heavy (non-hydrogen) atoms. The van der Waals surface area contributed by atoms with Crippen molar-refractivity contribution in [3.63, 3.8) is 0 Å². The number of halogens is 1. The molecule has 4 heterocycles. The molecule has 0 radical (unpaired) electrons. The molecule has 1 fully saturated rings. The minimum absolute atomic E-state index is 0.0750. The lowest BCUT2D eigenvalue weighted by atomic mass is 10.1. The molecule has 0 unspecified atom stereocenters. The zero-order valence-electron chi connectivity index (χ0n) is 22.7. The summed E-state index contributed by atoms with van der Waals surface area (Å²) in [6, 6.07) is 3.66. The highest BCUT2D eigenvalue weighted by Crippen LogP contribution is 2.31. The van der Waals surface area contributed by atoms with Crippen LogP contribution in [-0.2, 0) is 22.5 Å². The van der Waals surface area contributed by atoms with Crippen LogP contribution in [0.2, 0.25) is 0 Å². The van der Waals surface area contributed by atoms with Gasteiger partial charge in [-0.15, -0.1) is 4.80 Å². The van der Waals surface area contributed by atoms with Gasteiger partial charge < -0.3 is 19.5 Å². The highest BCUT2D eigenvalue weighted by molar-refractivity contribution is 7.21. The van der Waals surface area contributed by atoms with Crippen molar-refractivity contribution in [3.8, 4) is 10.8 Å². The number of hydrogen-bond donors (Lipinski definition) is 1. The Morgan fingerprint density at radius 1 is 1.18 bits per heavy atom. The molecule has 1 amide bonds.